The summed E-state index contributed by atoms with van der Waals surface area (Å²) in [4.78, 5) is 10.9. The van der Waals surface area contributed by atoms with E-state index in [1.54, 1.807) is 0 Å². The fourth-order valence-corrected chi connectivity index (χ4v) is 8.82. The first kappa shape index (κ1) is 21.8. The molecule has 4 fully saturated rings. The Bertz CT molecular complexity index is 548. The second-order valence-corrected chi connectivity index (χ2v) is 11.0. The van der Waals surface area contributed by atoms with Gasteiger partial charge >= 0.3 is 18.9 Å². The van der Waals surface area contributed by atoms with E-state index in [9.17, 15) is 9.90 Å². The van der Waals surface area contributed by atoms with Crippen molar-refractivity contribution >= 4 is 5.97 Å². The van der Waals surface area contributed by atoms with Crippen molar-refractivity contribution in [2.24, 2.45) is 46.3 Å². The SMILES string of the molecule is C[C@H](CCC(=O)[O-])[C@H]1CC[C@H]2[C@@H]3CCC4CCCC[C@]4(C)[C@H]3CC[C@]12C.[Li+]. The molecule has 27 heavy (non-hydrogen) atoms. The minimum atomic E-state index is -0.871. The molecule has 0 bridgehead atoms. The van der Waals surface area contributed by atoms with Crippen LogP contribution in [0.1, 0.15) is 97.8 Å². The summed E-state index contributed by atoms with van der Waals surface area (Å²) < 4.78 is 0. The number of carboxylic acids is 1. The smallest absolute Gasteiger partial charge is 0.550 e. The Balaban J connectivity index is 0.00000210. The van der Waals surface area contributed by atoms with Crippen molar-refractivity contribution in [1.29, 1.82) is 0 Å². The zero-order chi connectivity index (χ0) is 18.5. The number of carbonyl (C=O) groups excluding carboxylic acids is 1. The summed E-state index contributed by atoms with van der Waals surface area (Å²) in [6, 6.07) is 0. The molecule has 0 spiro atoms. The van der Waals surface area contributed by atoms with Crippen molar-refractivity contribution in [1.82, 2.24) is 0 Å². The predicted octanol–water partition coefficient (Wildman–Crippen LogP) is 2.21. The summed E-state index contributed by atoms with van der Waals surface area (Å²) in [5, 5.41) is 10.9. The van der Waals surface area contributed by atoms with Crippen LogP contribution in [0.5, 0.6) is 0 Å². The number of carbonyl (C=O) groups is 1. The molecule has 148 valence electrons. The summed E-state index contributed by atoms with van der Waals surface area (Å²) in [6.07, 6.45) is 15.5. The second-order valence-electron chi connectivity index (χ2n) is 11.0. The Hall–Kier alpha value is 0.0674. The molecule has 0 aliphatic heterocycles. The number of fused-ring (bicyclic) bond motifs is 5. The van der Waals surface area contributed by atoms with Gasteiger partial charge < -0.3 is 9.90 Å². The van der Waals surface area contributed by atoms with E-state index < -0.39 is 5.97 Å². The normalized spacial score (nSPS) is 47.1. The number of aliphatic carboxylic acids is 1. The molecule has 0 saturated heterocycles. The number of hydrogen-bond acceptors (Lipinski definition) is 2. The summed E-state index contributed by atoms with van der Waals surface area (Å²) >= 11 is 0. The van der Waals surface area contributed by atoms with Gasteiger partial charge in [0.05, 0.1) is 0 Å². The molecular weight excluding hydrogens is 327 g/mol. The molecule has 0 amide bonds. The minimum Gasteiger partial charge on any atom is -0.550 e. The first-order valence-corrected chi connectivity index (χ1v) is 11.6. The molecule has 0 aromatic rings. The third-order valence-electron chi connectivity index (χ3n) is 10.1. The average Bonchev–Trinajstić information content (AvgIpc) is 2.96. The molecule has 3 heteroatoms. The van der Waals surface area contributed by atoms with Crippen LogP contribution in [0.4, 0.5) is 0 Å². The quantitative estimate of drug-likeness (QED) is 0.716. The van der Waals surface area contributed by atoms with Crippen LogP contribution in [0.15, 0.2) is 0 Å². The summed E-state index contributed by atoms with van der Waals surface area (Å²) in [7, 11) is 0. The predicted molar refractivity (Wildman–Crippen MR) is 103 cm³/mol. The van der Waals surface area contributed by atoms with E-state index in [1.165, 1.54) is 64.2 Å². The number of carboxylic acid groups (broad SMARTS) is 1. The van der Waals surface area contributed by atoms with Gasteiger partial charge in [0.1, 0.15) is 0 Å². The largest absolute Gasteiger partial charge is 1.00 e. The first-order valence-electron chi connectivity index (χ1n) is 11.6. The van der Waals surface area contributed by atoms with Crippen molar-refractivity contribution in [2.75, 3.05) is 0 Å². The fourth-order valence-electron chi connectivity index (χ4n) is 8.82. The molecule has 4 rings (SSSR count). The van der Waals surface area contributed by atoms with Crippen molar-refractivity contribution in [2.45, 2.75) is 97.8 Å². The van der Waals surface area contributed by atoms with Gasteiger partial charge in [-0.3, -0.25) is 0 Å². The molecule has 8 atom stereocenters. The molecule has 0 N–H and O–H groups in total. The molecule has 2 nitrogen and oxygen atoms in total. The van der Waals surface area contributed by atoms with Gasteiger partial charge in [-0.15, -0.1) is 0 Å². The van der Waals surface area contributed by atoms with E-state index in [-0.39, 0.29) is 25.3 Å². The van der Waals surface area contributed by atoms with E-state index in [0.717, 1.165) is 36.0 Å². The van der Waals surface area contributed by atoms with Crippen molar-refractivity contribution in [3.8, 4) is 0 Å². The molecule has 4 aliphatic carbocycles. The molecular formula is C24H39LiO2. The maximum absolute atomic E-state index is 10.9. The summed E-state index contributed by atoms with van der Waals surface area (Å²) in [6.45, 7) is 7.55. The van der Waals surface area contributed by atoms with E-state index in [4.69, 9.17) is 0 Å². The average molecular weight is 367 g/mol. The van der Waals surface area contributed by atoms with Crippen LogP contribution in [0, 0.1) is 46.3 Å². The van der Waals surface area contributed by atoms with Crippen molar-refractivity contribution in [3.63, 3.8) is 0 Å². The van der Waals surface area contributed by atoms with Gasteiger partial charge in [0.15, 0.2) is 0 Å². The van der Waals surface area contributed by atoms with Crippen LogP contribution in [0.2, 0.25) is 0 Å². The van der Waals surface area contributed by atoms with Gasteiger partial charge in [-0.05, 0) is 111 Å². The van der Waals surface area contributed by atoms with E-state index in [2.05, 4.69) is 20.8 Å². The molecule has 0 heterocycles. The molecule has 4 aliphatic rings. The monoisotopic (exact) mass is 366 g/mol. The summed E-state index contributed by atoms with van der Waals surface area (Å²) in [5.74, 6) is 4.20. The topological polar surface area (TPSA) is 40.1 Å². The van der Waals surface area contributed by atoms with Gasteiger partial charge in [-0.25, -0.2) is 0 Å². The van der Waals surface area contributed by atoms with E-state index >= 15 is 0 Å². The van der Waals surface area contributed by atoms with Gasteiger partial charge in [0, 0.05) is 5.97 Å². The Labute approximate surface area is 178 Å². The van der Waals surface area contributed by atoms with Crippen molar-refractivity contribution < 1.29 is 28.8 Å². The van der Waals surface area contributed by atoms with Gasteiger partial charge in [-0.2, -0.15) is 0 Å². The zero-order valence-electron chi connectivity index (χ0n) is 18.3. The number of rotatable bonds is 4. The van der Waals surface area contributed by atoms with E-state index in [1.807, 2.05) is 0 Å². The molecule has 1 unspecified atom stereocenters. The van der Waals surface area contributed by atoms with Crippen LogP contribution >= 0.6 is 0 Å². The molecule has 4 saturated carbocycles. The third-order valence-corrected chi connectivity index (χ3v) is 10.1. The van der Waals surface area contributed by atoms with Crippen molar-refractivity contribution in [3.05, 3.63) is 0 Å². The maximum Gasteiger partial charge on any atom is 1.00 e. The van der Waals surface area contributed by atoms with Crippen LogP contribution < -0.4 is 24.0 Å². The van der Waals surface area contributed by atoms with Crippen LogP contribution in [0.25, 0.3) is 0 Å². The standard InChI is InChI=1S/C24H40O2.Li/c1-16(7-12-22(25)26)19-10-11-20-18-9-8-17-6-4-5-14-23(17,2)21(18)13-15-24(19,20)3;/h16-21H,4-15H2,1-3H3,(H,25,26);/q;+1/p-1/t16-,17?,18+,19-,20+,21+,23+,24-;/m1./s1. The fraction of sp³-hybridized carbons (Fsp3) is 0.958. The molecule has 0 aromatic heterocycles. The Morgan fingerprint density at radius 1 is 0.963 bits per heavy atom. The minimum absolute atomic E-state index is 0. The van der Waals surface area contributed by atoms with Crippen LogP contribution in [-0.2, 0) is 4.79 Å². The van der Waals surface area contributed by atoms with Crippen LogP contribution in [-0.4, -0.2) is 5.97 Å². The molecule has 0 radical (unpaired) electrons. The van der Waals surface area contributed by atoms with Gasteiger partial charge in [0.2, 0.25) is 0 Å². The number of hydrogen-bond donors (Lipinski definition) is 0. The Morgan fingerprint density at radius 3 is 2.44 bits per heavy atom. The van der Waals surface area contributed by atoms with E-state index in [0.29, 0.717) is 16.7 Å². The summed E-state index contributed by atoms with van der Waals surface area (Å²) in [5.41, 5.74) is 1.09. The van der Waals surface area contributed by atoms with Gasteiger partial charge in [0.25, 0.3) is 0 Å². The van der Waals surface area contributed by atoms with Gasteiger partial charge in [-0.1, -0.05) is 33.6 Å². The van der Waals surface area contributed by atoms with Crippen LogP contribution in [0.3, 0.4) is 0 Å². The Morgan fingerprint density at radius 2 is 1.70 bits per heavy atom. The maximum atomic E-state index is 10.9. The zero-order valence-corrected chi connectivity index (χ0v) is 18.3. The Kier molecular flexibility index (Phi) is 6.50. The molecule has 0 aromatic carbocycles. The first-order chi connectivity index (χ1) is 12.4. The second kappa shape index (κ2) is 8.06. The third kappa shape index (κ3) is 3.57.